The fraction of sp³-hybridized carbons (Fsp3) is 0.778. The Hall–Kier alpha value is -0.390. The van der Waals surface area contributed by atoms with Crippen LogP contribution in [0, 0.1) is 5.92 Å². The molecule has 0 aromatic carbocycles. The van der Waals surface area contributed by atoms with Crippen LogP contribution < -0.4 is 5.14 Å². The van der Waals surface area contributed by atoms with Gasteiger partial charge in [0.25, 0.3) is 0 Å². The first kappa shape index (κ1) is 13.6. The van der Waals surface area contributed by atoms with Gasteiger partial charge >= 0.3 is 0 Å². The van der Waals surface area contributed by atoms with Gasteiger partial charge in [-0.05, 0) is 18.8 Å². The van der Waals surface area contributed by atoms with Crippen molar-refractivity contribution in [2.24, 2.45) is 11.1 Å². The molecule has 0 aliphatic heterocycles. The first-order valence-electron chi connectivity index (χ1n) is 4.55. The Morgan fingerprint density at radius 2 is 2.14 bits per heavy atom. The van der Waals surface area contributed by atoms with Crippen LogP contribution in [0.15, 0.2) is 12.7 Å². The molecule has 0 radical (unpaired) electrons. The zero-order valence-electron chi connectivity index (χ0n) is 8.77. The third-order valence-electron chi connectivity index (χ3n) is 2.15. The molecule has 0 aromatic rings. The van der Waals surface area contributed by atoms with Gasteiger partial charge in [0.15, 0.2) is 0 Å². The van der Waals surface area contributed by atoms with Crippen molar-refractivity contribution in [3.63, 3.8) is 0 Å². The molecule has 0 bridgehead atoms. The number of allylic oxidation sites excluding steroid dienone is 1. The van der Waals surface area contributed by atoms with E-state index in [1.165, 1.54) is 7.11 Å². The molecule has 0 saturated carbocycles. The molecule has 2 atom stereocenters. The van der Waals surface area contributed by atoms with Crippen molar-refractivity contribution >= 4 is 10.0 Å². The number of ether oxygens (including phenoxy) is 1. The predicted octanol–water partition coefficient (Wildman–Crippen LogP) is 0.892. The predicted molar refractivity (Wildman–Crippen MR) is 57.4 cm³/mol. The van der Waals surface area contributed by atoms with Gasteiger partial charge in [0.1, 0.15) is 0 Å². The number of sulfonamides is 1. The zero-order chi connectivity index (χ0) is 11.2. The van der Waals surface area contributed by atoms with Crippen LogP contribution >= 0.6 is 0 Å². The van der Waals surface area contributed by atoms with E-state index in [1.807, 2.05) is 6.92 Å². The number of primary sulfonamides is 1. The first-order chi connectivity index (χ1) is 6.41. The van der Waals surface area contributed by atoms with Crippen LogP contribution in [0.4, 0.5) is 0 Å². The van der Waals surface area contributed by atoms with Crippen molar-refractivity contribution in [3.8, 4) is 0 Å². The second-order valence-electron chi connectivity index (χ2n) is 3.44. The summed E-state index contributed by atoms with van der Waals surface area (Å²) in [5.74, 6) is 0.148. The fourth-order valence-electron chi connectivity index (χ4n) is 1.18. The molecule has 0 spiro atoms. The van der Waals surface area contributed by atoms with Crippen molar-refractivity contribution in [1.82, 2.24) is 0 Å². The van der Waals surface area contributed by atoms with Crippen molar-refractivity contribution in [1.29, 1.82) is 0 Å². The van der Waals surface area contributed by atoms with Crippen molar-refractivity contribution in [3.05, 3.63) is 12.7 Å². The van der Waals surface area contributed by atoms with E-state index in [1.54, 1.807) is 6.08 Å². The van der Waals surface area contributed by atoms with E-state index in [0.29, 0.717) is 19.4 Å². The topological polar surface area (TPSA) is 69.4 Å². The lowest BCUT2D eigenvalue weighted by molar-refractivity contribution is 0.191. The minimum atomic E-state index is -3.47. The van der Waals surface area contributed by atoms with Crippen LogP contribution in [-0.2, 0) is 14.8 Å². The summed E-state index contributed by atoms with van der Waals surface area (Å²) in [7, 11) is -1.93. The number of methoxy groups -OCH3 is 1. The maximum absolute atomic E-state index is 11.2. The summed E-state index contributed by atoms with van der Waals surface area (Å²) in [6, 6.07) is 0. The molecule has 14 heavy (non-hydrogen) atoms. The largest absolute Gasteiger partial charge is 0.385 e. The van der Waals surface area contributed by atoms with E-state index in [9.17, 15) is 8.42 Å². The second-order valence-corrected chi connectivity index (χ2v) is 5.29. The monoisotopic (exact) mass is 221 g/mol. The van der Waals surface area contributed by atoms with Gasteiger partial charge in [-0.1, -0.05) is 13.0 Å². The maximum atomic E-state index is 11.2. The molecule has 0 aromatic heterocycles. The number of nitrogens with two attached hydrogens (primary N) is 1. The van der Waals surface area contributed by atoms with E-state index in [-0.39, 0.29) is 5.92 Å². The molecule has 0 unspecified atom stereocenters. The first-order valence-corrected chi connectivity index (χ1v) is 6.15. The van der Waals surface area contributed by atoms with Crippen molar-refractivity contribution in [2.45, 2.75) is 25.0 Å². The number of rotatable bonds is 7. The van der Waals surface area contributed by atoms with E-state index in [2.05, 4.69) is 6.58 Å². The van der Waals surface area contributed by atoms with Crippen LogP contribution in [0.1, 0.15) is 19.8 Å². The lowest BCUT2D eigenvalue weighted by Gasteiger charge is -2.16. The Bertz CT molecular complexity index is 261. The van der Waals surface area contributed by atoms with E-state index in [4.69, 9.17) is 9.88 Å². The van der Waals surface area contributed by atoms with Gasteiger partial charge in [0.2, 0.25) is 10.0 Å². The highest BCUT2D eigenvalue weighted by Gasteiger charge is 2.22. The standard InChI is InChI=1S/C9H19NO3S/c1-4-8(2)7-9(5-6-13-3)14(10,11)12/h4,8-9H,1,5-7H2,2-3H3,(H2,10,11,12)/t8-,9+/m0/s1. The van der Waals surface area contributed by atoms with Crippen LogP contribution in [0.5, 0.6) is 0 Å². The molecular formula is C9H19NO3S. The molecule has 0 aliphatic carbocycles. The lowest BCUT2D eigenvalue weighted by Crippen LogP contribution is -2.31. The van der Waals surface area contributed by atoms with Gasteiger partial charge in [-0.25, -0.2) is 13.6 Å². The summed E-state index contributed by atoms with van der Waals surface area (Å²) in [4.78, 5) is 0. The summed E-state index contributed by atoms with van der Waals surface area (Å²) in [6.45, 7) is 5.93. The molecule has 0 heterocycles. The molecule has 0 amide bonds. The highest BCUT2D eigenvalue weighted by molar-refractivity contribution is 7.89. The SMILES string of the molecule is C=C[C@H](C)C[C@@H](CCOC)S(N)(=O)=O. The molecule has 0 saturated heterocycles. The average Bonchev–Trinajstić information content (AvgIpc) is 2.09. The van der Waals surface area contributed by atoms with Gasteiger partial charge < -0.3 is 4.74 Å². The number of hydrogen-bond acceptors (Lipinski definition) is 3. The average molecular weight is 221 g/mol. The molecular weight excluding hydrogens is 202 g/mol. The van der Waals surface area contributed by atoms with Gasteiger partial charge in [-0.3, -0.25) is 0 Å². The highest BCUT2D eigenvalue weighted by Crippen LogP contribution is 2.15. The van der Waals surface area contributed by atoms with E-state index in [0.717, 1.165) is 0 Å². The molecule has 0 aliphatic rings. The Morgan fingerprint density at radius 1 is 1.57 bits per heavy atom. The Labute approximate surface area is 86.2 Å². The summed E-state index contributed by atoms with van der Waals surface area (Å²) in [5.41, 5.74) is 0. The third kappa shape index (κ3) is 5.36. The molecule has 84 valence electrons. The van der Waals surface area contributed by atoms with Gasteiger partial charge in [-0.2, -0.15) is 0 Å². The Morgan fingerprint density at radius 3 is 2.50 bits per heavy atom. The fourth-order valence-corrected chi connectivity index (χ4v) is 2.17. The summed E-state index contributed by atoms with van der Waals surface area (Å²) >= 11 is 0. The lowest BCUT2D eigenvalue weighted by atomic mass is 10.0. The van der Waals surface area contributed by atoms with E-state index < -0.39 is 15.3 Å². The smallest absolute Gasteiger partial charge is 0.212 e. The normalized spacial score (nSPS) is 16.2. The third-order valence-corrected chi connectivity index (χ3v) is 3.50. The molecule has 5 heteroatoms. The second kappa shape index (κ2) is 6.16. The summed E-state index contributed by atoms with van der Waals surface area (Å²) < 4.78 is 27.2. The molecule has 4 nitrogen and oxygen atoms in total. The molecule has 0 fully saturated rings. The Kier molecular flexibility index (Phi) is 5.99. The minimum absolute atomic E-state index is 0.148. The highest BCUT2D eigenvalue weighted by atomic mass is 32.2. The van der Waals surface area contributed by atoms with Crippen LogP contribution in [0.3, 0.4) is 0 Å². The zero-order valence-corrected chi connectivity index (χ0v) is 9.59. The van der Waals surface area contributed by atoms with Crippen LogP contribution in [0.25, 0.3) is 0 Å². The molecule has 0 rings (SSSR count). The van der Waals surface area contributed by atoms with Crippen molar-refractivity contribution < 1.29 is 13.2 Å². The Balaban J connectivity index is 4.33. The quantitative estimate of drug-likeness (QED) is 0.649. The van der Waals surface area contributed by atoms with Crippen LogP contribution in [-0.4, -0.2) is 27.4 Å². The summed E-state index contributed by atoms with van der Waals surface area (Å²) in [5, 5.41) is 4.57. The number of hydrogen-bond donors (Lipinski definition) is 1. The van der Waals surface area contributed by atoms with Crippen molar-refractivity contribution in [2.75, 3.05) is 13.7 Å². The maximum Gasteiger partial charge on any atom is 0.212 e. The van der Waals surface area contributed by atoms with E-state index >= 15 is 0 Å². The van der Waals surface area contributed by atoms with Gasteiger partial charge in [0, 0.05) is 13.7 Å². The summed E-state index contributed by atoms with van der Waals surface area (Å²) in [6.07, 6.45) is 2.67. The van der Waals surface area contributed by atoms with Gasteiger partial charge in [0.05, 0.1) is 5.25 Å². The van der Waals surface area contributed by atoms with Gasteiger partial charge in [-0.15, -0.1) is 6.58 Å². The minimum Gasteiger partial charge on any atom is -0.385 e. The van der Waals surface area contributed by atoms with Crippen LogP contribution in [0.2, 0.25) is 0 Å². The molecule has 2 N–H and O–H groups in total.